The molecule has 1 atom stereocenters. The zero-order chi connectivity index (χ0) is 29.4. The minimum Gasteiger partial charge on any atom is -0.354 e. The predicted molar refractivity (Wildman–Crippen MR) is 156 cm³/mol. The molecule has 7 nitrogen and oxygen atoms in total. The van der Waals surface area contributed by atoms with Gasteiger partial charge in [-0.1, -0.05) is 68.3 Å². The van der Waals surface area contributed by atoms with Crippen molar-refractivity contribution in [3.8, 4) is 0 Å². The molecule has 0 aromatic heterocycles. The summed E-state index contributed by atoms with van der Waals surface area (Å²) in [5, 5.41) is 2.91. The third-order valence-electron chi connectivity index (χ3n) is 6.55. The Hall–Kier alpha value is -3.72. The van der Waals surface area contributed by atoms with Crippen LogP contribution in [0.3, 0.4) is 0 Å². The Morgan fingerprint density at radius 2 is 1.43 bits per heavy atom. The second kappa shape index (κ2) is 13.6. The van der Waals surface area contributed by atoms with Crippen LogP contribution in [0.15, 0.2) is 77.7 Å². The van der Waals surface area contributed by atoms with E-state index in [9.17, 15) is 22.4 Å². The van der Waals surface area contributed by atoms with Gasteiger partial charge in [0.25, 0.3) is 10.0 Å². The van der Waals surface area contributed by atoms with E-state index in [0.29, 0.717) is 13.0 Å². The monoisotopic (exact) mass is 567 g/mol. The van der Waals surface area contributed by atoms with Crippen LogP contribution in [0.5, 0.6) is 0 Å². The summed E-state index contributed by atoms with van der Waals surface area (Å²) in [7, 11) is -4.20. The molecular formula is C31H38FN3O4S. The minimum atomic E-state index is -4.20. The molecule has 1 unspecified atom stereocenters. The van der Waals surface area contributed by atoms with Gasteiger partial charge < -0.3 is 10.2 Å². The zero-order valence-electron chi connectivity index (χ0n) is 23.7. The molecule has 0 aliphatic carbocycles. The third-order valence-corrected chi connectivity index (χ3v) is 8.33. The highest BCUT2D eigenvalue weighted by atomic mass is 32.2. The average Bonchev–Trinajstić information content (AvgIpc) is 2.92. The van der Waals surface area contributed by atoms with Gasteiger partial charge in [-0.2, -0.15) is 0 Å². The van der Waals surface area contributed by atoms with E-state index in [0.717, 1.165) is 33.1 Å². The Bertz CT molecular complexity index is 1390. The summed E-state index contributed by atoms with van der Waals surface area (Å²) in [5.41, 5.74) is 2.88. The van der Waals surface area contributed by atoms with Crippen molar-refractivity contribution in [2.24, 2.45) is 5.92 Å². The smallest absolute Gasteiger partial charge is 0.264 e. The van der Waals surface area contributed by atoms with Crippen LogP contribution in [-0.4, -0.2) is 44.3 Å². The van der Waals surface area contributed by atoms with E-state index in [1.165, 1.54) is 29.2 Å². The summed E-state index contributed by atoms with van der Waals surface area (Å²) >= 11 is 0. The first-order valence-electron chi connectivity index (χ1n) is 13.4. The topological polar surface area (TPSA) is 86.8 Å². The molecule has 2 amide bonds. The van der Waals surface area contributed by atoms with Crippen molar-refractivity contribution in [3.05, 3.63) is 95.3 Å². The first kappa shape index (κ1) is 30.8. The van der Waals surface area contributed by atoms with E-state index in [4.69, 9.17) is 0 Å². The number of nitrogens with zero attached hydrogens (tertiary/aromatic N) is 2. The normalized spacial score (nSPS) is 12.2. The number of halogens is 1. The molecule has 0 heterocycles. The van der Waals surface area contributed by atoms with Gasteiger partial charge in [-0.25, -0.2) is 12.8 Å². The van der Waals surface area contributed by atoms with Crippen LogP contribution < -0.4 is 9.62 Å². The molecule has 0 bridgehead atoms. The zero-order valence-corrected chi connectivity index (χ0v) is 24.5. The second-order valence-corrected chi connectivity index (χ2v) is 12.2. The largest absolute Gasteiger partial charge is 0.354 e. The van der Waals surface area contributed by atoms with Crippen LogP contribution in [0, 0.1) is 25.6 Å². The molecule has 3 aromatic carbocycles. The lowest BCUT2D eigenvalue weighted by Crippen LogP contribution is -2.52. The van der Waals surface area contributed by atoms with Gasteiger partial charge in [0.05, 0.1) is 10.6 Å². The van der Waals surface area contributed by atoms with Gasteiger partial charge >= 0.3 is 0 Å². The fourth-order valence-electron chi connectivity index (χ4n) is 4.21. The van der Waals surface area contributed by atoms with Crippen molar-refractivity contribution in [3.63, 3.8) is 0 Å². The van der Waals surface area contributed by atoms with Crippen LogP contribution in [0.1, 0.15) is 43.9 Å². The van der Waals surface area contributed by atoms with Crippen LogP contribution in [-0.2, 0) is 26.2 Å². The molecule has 0 aliphatic rings. The predicted octanol–water partition coefficient (Wildman–Crippen LogP) is 5.22. The Morgan fingerprint density at radius 1 is 0.875 bits per heavy atom. The van der Waals surface area contributed by atoms with Crippen molar-refractivity contribution in [2.45, 2.75) is 58.5 Å². The number of rotatable bonds is 12. The first-order chi connectivity index (χ1) is 18.9. The molecule has 214 valence electrons. The molecule has 0 radical (unpaired) electrons. The number of nitrogens with one attached hydrogen (secondary N) is 1. The molecular weight excluding hydrogens is 529 g/mol. The summed E-state index contributed by atoms with van der Waals surface area (Å²) in [6, 6.07) is 18.0. The number of anilines is 1. The SMILES string of the molecule is CCC(C(=O)NCC(C)C)N(Cc1ccc(C)cc1)C(=O)CN(c1ccc(F)cc1)S(=O)(=O)c1ccc(C)cc1. The number of hydrogen-bond acceptors (Lipinski definition) is 4. The Balaban J connectivity index is 2.03. The standard InChI is InChI=1S/C31H38FN3O4S/c1-6-29(31(37)33-19-22(2)3)34(20-25-11-7-23(4)8-12-25)30(36)21-35(27-15-13-26(32)14-16-27)40(38,39)28-17-9-24(5)10-18-28/h7-18,22,29H,6,19-21H2,1-5H3,(H,33,37). The van der Waals surface area contributed by atoms with Gasteiger partial charge in [-0.3, -0.25) is 13.9 Å². The summed E-state index contributed by atoms with van der Waals surface area (Å²) < 4.78 is 42.4. The maximum absolute atomic E-state index is 14.0. The molecule has 3 rings (SSSR count). The summed E-state index contributed by atoms with van der Waals surface area (Å²) in [4.78, 5) is 28.7. The number of carbonyl (C=O) groups is 2. The maximum atomic E-state index is 14.0. The highest BCUT2D eigenvalue weighted by molar-refractivity contribution is 7.92. The molecule has 0 saturated carbocycles. The Kier molecular flexibility index (Phi) is 10.5. The summed E-state index contributed by atoms with van der Waals surface area (Å²) in [6.07, 6.45) is 0.336. The Morgan fingerprint density at radius 3 is 1.95 bits per heavy atom. The number of benzene rings is 3. The number of carbonyl (C=O) groups excluding carboxylic acids is 2. The lowest BCUT2D eigenvalue weighted by Gasteiger charge is -2.33. The molecule has 0 aliphatic heterocycles. The number of amides is 2. The molecule has 0 spiro atoms. The van der Waals surface area contributed by atoms with Crippen LogP contribution >= 0.6 is 0 Å². The molecule has 40 heavy (non-hydrogen) atoms. The quantitative estimate of drug-likeness (QED) is 0.325. The molecule has 0 saturated heterocycles. The van der Waals surface area contributed by atoms with E-state index in [1.54, 1.807) is 12.1 Å². The number of hydrogen-bond donors (Lipinski definition) is 1. The van der Waals surface area contributed by atoms with Gasteiger partial charge in [-0.15, -0.1) is 0 Å². The molecule has 0 fully saturated rings. The van der Waals surface area contributed by atoms with Crippen molar-refractivity contribution < 1.29 is 22.4 Å². The van der Waals surface area contributed by atoms with Crippen molar-refractivity contribution in [1.82, 2.24) is 10.2 Å². The minimum absolute atomic E-state index is 0.00188. The fraction of sp³-hybridized carbons (Fsp3) is 0.355. The van der Waals surface area contributed by atoms with Gasteiger partial charge in [0.1, 0.15) is 18.4 Å². The number of aryl methyl sites for hydroxylation is 2. The van der Waals surface area contributed by atoms with E-state index in [1.807, 2.05) is 58.9 Å². The van der Waals surface area contributed by atoms with Gasteiger partial charge in [-0.05, 0) is 68.1 Å². The summed E-state index contributed by atoms with van der Waals surface area (Å²) in [6.45, 7) is 9.57. The lowest BCUT2D eigenvalue weighted by atomic mass is 10.1. The fourth-order valence-corrected chi connectivity index (χ4v) is 5.62. The highest BCUT2D eigenvalue weighted by Crippen LogP contribution is 2.25. The van der Waals surface area contributed by atoms with Gasteiger partial charge in [0.15, 0.2) is 0 Å². The maximum Gasteiger partial charge on any atom is 0.264 e. The van der Waals surface area contributed by atoms with E-state index in [2.05, 4.69) is 5.32 Å². The summed E-state index contributed by atoms with van der Waals surface area (Å²) in [5.74, 6) is -1.16. The lowest BCUT2D eigenvalue weighted by molar-refractivity contribution is -0.140. The van der Waals surface area contributed by atoms with Crippen LogP contribution in [0.25, 0.3) is 0 Å². The van der Waals surface area contributed by atoms with E-state index in [-0.39, 0.29) is 29.0 Å². The first-order valence-corrected chi connectivity index (χ1v) is 14.8. The van der Waals surface area contributed by atoms with Crippen molar-refractivity contribution in [1.29, 1.82) is 0 Å². The van der Waals surface area contributed by atoms with E-state index < -0.39 is 34.3 Å². The number of sulfonamides is 1. The van der Waals surface area contributed by atoms with Gasteiger partial charge in [0, 0.05) is 13.1 Å². The Labute approximate surface area is 237 Å². The molecule has 1 N–H and O–H groups in total. The average molecular weight is 568 g/mol. The third kappa shape index (κ3) is 7.91. The van der Waals surface area contributed by atoms with Crippen LogP contribution in [0.4, 0.5) is 10.1 Å². The highest BCUT2D eigenvalue weighted by Gasteiger charge is 2.33. The van der Waals surface area contributed by atoms with Crippen molar-refractivity contribution >= 4 is 27.5 Å². The molecule has 9 heteroatoms. The second-order valence-electron chi connectivity index (χ2n) is 10.4. The van der Waals surface area contributed by atoms with E-state index >= 15 is 0 Å². The van der Waals surface area contributed by atoms with Crippen LogP contribution in [0.2, 0.25) is 0 Å². The molecule has 3 aromatic rings. The van der Waals surface area contributed by atoms with Crippen molar-refractivity contribution in [2.75, 3.05) is 17.4 Å². The van der Waals surface area contributed by atoms with Gasteiger partial charge in [0.2, 0.25) is 11.8 Å².